The van der Waals surface area contributed by atoms with Crippen LogP contribution < -0.4 is 10.1 Å². The van der Waals surface area contributed by atoms with Crippen LogP contribution in [0.5, 0.6) is 11.5 Å². The van der Waals surface area contributed by atoms with Crippen molar-refractivity contribution in [3.8, 4) is 11.5 Å². The van der Waals surface area contributed by atoms with Crippen LogP contribution in [0.4, 0.5) is 11.6 Å². The third-order valence-electron chi connectivity index (χ3n) is 4.16. The monoisotopic (exact) mass is 360 g/mol. The lowest BCUT2D eigenvalue weighted by atomic mass is 10.2. The number of rotatable bonds is 6. The molecule has 3 aromatic heterocycles. The second-order valence-corrected chi connectivity index (χ2v) is 6.03. The largest absolute Gasteiger partial charge is 0.457 e. The normalized spacial score (nSPS) is 10.9. The van der Waals surface area contributed by atoms with E-state index in [4.69, 9.17) is 4.74 Å². The topological polar surface area (TPSA) is 77.2 Å². The Labute approximate surface area is 157 Å². The molecular formula is C20H20N6O. The van der Waals surface area contributed by atoms with Gasteiger partial charge in [-0.1, -0.05) is 13.8 Å². The van der Waals surface area contributed by atoms with E-state index in [0.29, 0.717) is 11.7 Å². The molecule has 1 aromatic carbocycles. The first-order valence-corrected chi connectivity index (χ1v) is 8.95. The predicted octanol–water partition coefficient (Wildman–Crippen LogP) is 4.18. The Bertz CT molecular complexity index is 1040. The highest BCUT2D eigenvalue weighted by molar-refractivity contribution is 5.56. The summed E-state index contributed by atoms with van der Waals surface area (Å²) in [5.41, 5.74) is 3.00. The molecule has 27 heavy (non-hydrogen) atoms. The molecule has 1 N–H and O–H groups in total. The van der Waals surface area contributed by atoms with Crippen molar-refractivity contribution in [3.05, 3.63) is 66.2 Å². The van der Waals surface area contributed by atoms with Crippen LogP contribution in [0.3, 0.4) is 0 Å². The van der Waals surface area contributed by atoms with Gasteiger partial charge in [0.2, 0.25) is 5.95 Å². The lowest BCUT2D eigenvalue weighted by Gasteiger charge is -2.06. The highest BCUT2D eigenvalue weighted by atomic mass is 16.5. The van der Waals surface area contributed by atoms with Crippen LogP contribution in [0.25, 0.3) is 5.78 Å². The third kappa shape index (κ3) is 3.72. The van der Waals surface area contributed by atoms with Gasteiger partial charge in [0.1, 0.15) is 11.5 Å². The van der Waals surface area contributed by atoms with Gasteiger partial charge in [0.05, 0.1) is 0 Å². The third-order valence-corrected chi connectivity index (χ3v) is 4.16. The summed E-state index contributed by atoms with van der Waals surface area (Å²) in [6, 6.07) is 13.3. The Morgan fingerprint density at radius 1 is 0.926 bits per heavy atom. The van der Waals surface area contributed by atoms with Crippen molar-refractivity contribution in [2.24, 2.45) is 0 Å². The molecule has 0 aliphatic heterocycles. The van der Waals surface area contributed by atoms with Crippen LogP contribution in [0, 0.1) is 0 Å². The zero-order chi connectivity index (χ0) is 18.6. The predicted molar refractivity (Wildman–Crippen MR) is 104 cm³/mol. The van der Waals surface area contributed by atoms with Crippen LogP contribution >= 0.6 is 0 Å². The quantitative estimate of drug-likeness (QED) is 0.556. The minimum Gasteiger partial charge on any atom is -0.457 e. The smallest absolute Gasteiger partial charge is 0.254 e. The van der Waals surface area contributed by atoms with Gasteiger partial charge in [0, 0.05) is 29.5 Å². The molecule has 7 heteroatoms. The van der Waals surface area contributed by atoms with Crippen molar-refractivity contribution >= 4 is 17.4 Å². The van der Waals surface area contributed by atoms with Gasteiger partial charge < -0.3 is 10.1 Å². The average Bonchev–Trinajstić information content (AvgIpc) is 3.11. The zero-order valence-corrected chi connectivity index (χ0v) is 15.3. The number of pyridine rings is 1. The van der Waals surface area contributed by atoms with E-state index in [9.17, 15) is 0 Å². The van der Waals surface area contributed by atoms with Gasteiger partial charge in [-0.25, -0.2) is 4.98 Å². The molecule has 4 aromatic rings. The first kappa shape index (κ1) is 17.0. The van der Waals surface area contributed by atoms with Crippen molar-refractivity contribution in [1.82, 2.24) is 24.6 Å². The molecule has 0 aliphatic rings. The molecule has 0 aliphatic carbocycles. The summed E-state index contributed by atoms with van der Waals surface area (Å²) in [4.78, 5) is 13.0. The van der Waals surface area contributed by atoms with Crippen LogP contribution in [0.1, 0.15) is 25.2 Å². The van der Waals surface area contributed by atoms with Crippen molar-refractivity contribution < 1.29 is 4.74 Å². The molecule has 0 fully saturated rings. The molecule has 0 radical (unpaired) electrons. The lowest BCUT2D eigenvalue weighted by Crippen LogP contribution is -2.02. The van der Waals surface area contributed by atoms with E-state index >= 15 is 0 Å². The summed E-state index contributed by atoms with van der Waals surface area (Å²) in [7, 11) is 0. The maximum absolute atomic E-state index is 5.77. The van der Waals surface area contributed by atoms with Gasteiger partial charge in [-0.2, -0.15) is 9.50 Å². The Kier molecular flexibility index (Phi) is 4.65. The minimum absolute atomic E-state index is 0.522. The van der Waals surface area contributed by atoms with Gasteiger partial charge in [0.25, 0.3) is 5.78 Å². The number of aromatic nitrogens is 5. The van der Waals surface area contributed by atoms with Crippen LogP contribution in [0.2, 0.25) is 0 Å². The van der Waals surface area contributed by atoms with E-state index in [1.54, 1.807) is 16.9 Å². The van der Waals surface area contributed by atoms with E-state index in [-0.39, 0.29) is 0 Å². The Hall–Kier alpha value is -3.48. The first-order chi connectivity index (χ1) is 13.2. The van der Waals surface area contributed by atoms with E-state index in [0.717, 1.165) is 41.4 Å². The number of hydrogen-bond donors (Lipinski definition) is 1. The number of fused-ring (bicyclic) bond motifs is 1. The Balaban J connectivity index is 1.53. The second-order valence-electron chi connectivity index (χ2n) is 6.03. The highest BCUT2D eigenvalue weighted by Gasteiger charge is 2.10. The minimum atomic E-state index is 0.522. The molecule has 0 saturated heterocycles. The molecule has 4 rings (SSSR count). The highest BCUT2D eigenvalue weighted by Crippen LogP contribution is 2.23. The van der Waals surface area contributed by atoms with Crippen molar-refractivity contribution in [1.29, 1.82) is 0 Å². The summed E-state index contributed by atoms with van der Waals surface area (Å²) < 4.78 is 7.57. The summed E-state index contributed by atoms with van der Waals surface area (Å²) in [5, 5.41) is 7.76. The molecule has 0 saturated carbocycles. The maximum atomic E-state index is 5.77. The fourth-order valence-corrected chi connectivity index (χ4v) is 2.75. The first-order valence-electron chi connectivity index (χ1n) is 8.95. The number of nitrogens with zero attached hydrogens (tertiary/aromatic N) is 5. The molecule has 3 heterocycles. The fourth-order valence-electron chi connectivity index (χ4n) is 2.75. The molecule has 0 atom stereocenters. The van der Waals surface area contributed by atoms with Gasteiger partial charge in [-0.05, 0) is 55.3 Å². The van der Waals surface area contributed by atoms with E-state index in [1.807, 2.05) is 36.4 Å². The number of nitrogens with one attached hydrogen (secondary N) is 1. The molecule has 0 amide bonds. The van der Waals surface area contributed by atoms with Gasteiger partial charge in [0.15, 0.2) is 0 Å². The van der Waals surface area contributed by atoms with Crippen molar-refractivity contribution in [2.75, 3.05) is 5.32 Å². The number of ether oxygens (including phenoxy) is 1. The fraction of sp³-hybridized carbons (Fsp3) is 0.200. The van der Waals surface area contributed by atoms with E-state index in [2.05, 4.69) is 45.3 Å². The van der Waals surface area contributed by atoms with Crippen LogP contribution in [0.15, 0.2) is 54.9 Å². The Morgan fingerprint density at radius 2 is 1.67 bits per heavy atom. The maximum Gasteiger partial charge on any atom is 0.254 e. The lowest BCUT2D eigenvalue weighted by molar-refractivity contribution is 0.482. The van der Waals surface area contributed by atoms with E-state index < -0.39 is 0 Å². The van der Waals surface area contributed by atoms with Crippen molar-refractivity contribution in [3.63, 3.8) is 0 Å². The molecule has 7 nitrogen and oxygen atoms in total. The van der Waals surface area contributed by atoms with Crippen LogP contribution in [-0.2, 0) is 12.8 Å². The van der Waals surface area contributed by atoms with Gasteiger partial charge in [-0.3, -0.25) is 4.98 Å². The number of benzene rings is 1. The molecule has 0 bridgehead atoms. The molecule has 136 valence electrons. The number of anilines is 2. The van der Waals surface area contributed by atoms with Gasteiger partial charge >= 0.3 is 0 Å². The summed E-state index contributed by atoms with van der Waals surface area (Å²) in [6.07, 6.45) is 5.14. The van der Waals surface area contributed by atoms with E-state index in [1.165, 1.54) is 0 Å². The number of aryl methyl sites for hydroxylation is 2. The summed E-state index contributed by atoms with van der Waals surface area (Å²) >= 11 is 0. The van der Waals surface area contributed by atoms with Crippen molar-refractivity contribution in [2.45, 2.75) is 26.7 Å². The zero-order valence-electron chi connectivity index (χ0n) is 15.3. The average molecular weight is 360 g/mol. The van der Waals surface area contributed by atoms with Crippen LogP contribution in [-0.4, -0.2) is 24.6 Å². The van der Waals surface area contributed by atoms with Gasteiger partial charge in [-0.15, -0.1) is 5.10 Å². The standard InChI is InChI=1S/C20H20N6O/c1-3-14-13-16(4-2)26-20(23-14)24-19(25-26)22-15-5-7-17(8-6-15)27-18-9-11-21-12-10-18/h5-13H,3-4H2,1-2H3,(H,22,25). The molecular weight excluding hydrogens is 340 g/mol. The second kappa shape index (κ2) is 7.41. The SMILES string of the molecule is CCc1cc(CC)n2nc(Nc3ccc(Oc4ccncc4)cc3)nc2n1. The number of hydrogen-bond acceptors (Lipinski definition) is 6. The molecule has 0 unspecified atom stereocenters. The molecule has 0 spiro atoms. The Morgan fingerprint density at radius 3 is 2.37 bits per heavy atom. The summed E-state index contributed by atoms with van der Waals surface area (Å²) in [6.45, 7) is 4.19. The summed E-state index contributed by atoms with van der Waals surface area (Å²) in [5.74, 6) is 2.63.